The Morgan fingerprint density at radius 3 is 2.57 bits per heavy atom. The number of nitro groups is 1. The van der Waals surface area contributed by atoms with Crippen molar-refractivity contribution in [2.45, 2.75) is 19.0 Å². The van der Waals surface area contributed by atoms with E-state index in [9.17, 15) is 28.1 Å². The van der Waals surface area contributed by atoms with Crippen molar-refractivity contribution in [1.82, 2.24) is 0 Å². The van der Waals surface area contributed by atoms with Crippen LogP contribution in [0.3, 0.4) is 0 Å². The molecule has 0 radical (unpaired) electrons. The minimum absolute atomic E-state index is 0.0466. The molecule has 6 nitrogen and oxygen atoms in total. The maximum Gasteiger partial charge on any atom is 0.416 e. The number of ether oxygens (including phenoxy) is 2. The van der Waals surface area contributed by atoms with Gasteiger partial charge in [0.1, 0.15) is 0 Å². The van der Waals surface area contributed by atoms with E-state index in [-0.39, 0.29) is 25.2 Å². The summed E-state index contributed by atoms with van der Waals surface area (Å²) in [6.07, 6.45) is -4.40. The van der Waals surface area contributed by atoms with Crippen LogP contribution in [0.25, 0.3) is 0 Å². The van der Waals surface area contributed by atoms with Gasteiger partial charge in [-0.15, -0.1) is 0 Å². The van der Waals surface area contributed by atoms with Crippen LogP contribution >= 0.6 is 0 Å². The first-order valence-corrected chi connectivity index (χ1v) is 5.81. The zero-order chi connectivity index (χ0) is 16.0. The average Bonchev–Trinajstić information content (AvgIpc) is 2.41. The van der Waals surface area contributed by atoms with Gasteiger partial charge < -0.3 is 9.47 Å². The minimum Gasteiger partial charge on any atom is -0.487 e. The van der Waals surface area contributed by atoms with E-state index in [2.05, 4.69) is 4.74 Å². The van der Waals surface area contributed by atoms with Crippen molar-refractivity contribution < 1.29 is 32.4 Å². The van der Waals surface area contributed by atoms with Crippen LogP contribution in [0.5, 0.6) is 5.75 Å². The fraction of sp³-hybridized carbons (Fsp3) is 0.417. The molecule has 0 spiro atoms. The summed E-state index contributed by atoms with van der Waals surface area (Å²) >= 11 is 0. The van der Waals surface area contributed by atoms with E-state index in [4.69, 9.17) is 4.74 Å². The fourth-order valence-corrected chi connectivity index (χ4v) is 1.46. The van der Waals surface area contributed by atoms with E-state index in [1.54, 1.807) is 0 Å². The summed E-state index contributed by atoms with van der Waals surface area (Å²) in [7, 11) is 1.21. The van der Waals surface area contributed by atoms with E-state index in [0.717, 1.165) is 6.07 Å². The lowest BCUT2D eigenvalue weighted by Gasteiger charge is -2.10. The van der Waals surface area contributed by atoms with Gasteiger partial charge in [0.05, 0.1) is 24.2 Å². The number of alkyl halides is 3. The van der Waals surface area contributed by atoms with E-state index in [0.29, 0.717) is 12.1 Å². The molecule has 1 aromatic rings. The summed E-state index contributed by atoms with van der Waals surface area (Å²) in [4.78, 5) is 20.7. The number of esters is 1. The first kappa shape index (κ1) is 16.7. The number of nitrogens with zero attached hydrogens (tertiary/aromatic N) is 1. The quantitative estimate of drug-likeness (QED) is 0.349. The highest BCUT2D eigenvalue weighted by Crippen LogP contribution is 2.36. The Balaban J connectivity index is 2.78. The first-order valence-electron chi connectivity index (χ1n) is 5.81. The normalized spacial score (nSPS) is 11.0. The lowest BCUT2D eigenvalue weighted by Crippen LogP contribution is -2.08. The number of halogens is 3. The summed E-state index contributed by atoms with van der Waals surface area (Å²) < 4.78 is 46.9. The second-order valence-corrected chi connectivity index (χ2v) is 3.97. The molecular weight excluding hydrogens is 295 g/mol. The van der Waals surface area contributed by atoms with E-state index < -0.39 is 28.3 Å². The molecule has 0 aliphatic heterocycles. The second-order valence-electron chi connectivity index (χ2n) is 3.97. The molecule has 0 N–H and O–H groups in total. The van der Waals surface area contributed by atoms with Gasteiger partial charge in [0, 0.05) is 12.5 Å². The van der Waals surface area contributed by atoms with Gasteiger partial charge in [-0.1, -0.05) is 0 Å². The number of methoxy groups -OCH3 is 1. The van der Waals surface area contributed by atoms with Gasteiger partial charge in [-0.2, -0.15) is 13.2 Å². The van der Waals surface area contributed by atoms with Crippen LogP contribution in [-0.4, -0.2) is 24.6 Å². The van der Waals surface area contributed by atoms with Crippen LogP contribution in [0.15, 0.2) is 18.2 Å². The number of carbonyl (C=O) groups excluding carboxylic acids is 1. The van der Waals surface area contributed by atoms with Crippen molar-refractivity contribution >= 4 is 11.7 Å². The van der Waals surface area contributed by atoms with Gasteiger partial charge >= 0.3 is 17.8 Å². The third-order valence-corrected chi connectivity index (χ3v) is 2.49. The number of nitro benzene ring substituents is 1. The van der Waals surface area contributed by atoms with E-state index in [1.165, 1.54) is 7.11 Å². The summed E-state index contributed by atoms with van der Waals surface area (Å²) in [5.74, 6) is -0.751. The topological polar surface area (TPSA) is 78.7 Å². The van der Waals surface area contributed by atoms with Crippen LogP contribution < -0.4 is 4.74 Å². The molecule has 0 saturated heterocycles. The predicted octanol–water partition coefficient (Wildman–Crippen LogP) is 2.95. The Kier molecular flexibility index (Phi) is 5.51. The maximum atomic E-state index is 12.5. The van der Waals surface area contributed by atoms with Gasteiger partial charge in [-0.05, 0) is 18.6 Å². The van der Waals surface area contributed by atoms with Gasteiger partial charge in [0.25, 0.3) is 0 Å². The van der Waals surface area contributed by atoms with Crippen LogP contribution in [0, 0.1) is 10.1 Å². The van der Waals surface area contributed by atoms with Crippen molar-refractivity contribution in [3.8, 4) is 5.75 Å². The van der Waals surface area contributed by atoms with Crippen molar-refractivity contribution in [3.05, 3.63) is 33.9 Å². The number of carbonyl (C=O) groups is 1. The first-order chi connectivity index (χ1) is 9.75. The second kappa shape index (κ2) is 6.91. The molecule has 0 unspecified atom stereocenters. The molecule has 0 aliphatic carbocycles. The van der Waals surface area contributed by atoms with Crippen LogP contribution in [0.1, 0.15) is 18.4 Å². The Morgan fingerprint density at radius 1 is 1.38 bits per heavy atom. The lowest BCUT2D eigenvalue weighted by molar-refractivity contribution is -0.386. The molecule has 0 bridgehead atoms. The molecule has 0 aromatic heterocycles. The molecule has 0 fully saturated rings. The lowest BCUT2D eigenvalue weighted by atomic mass is 10.2. The summed E-state index contributed by atoms with van der Waals surface area (Å²) in [6, 6.07) is 2.00. The van der Waals surface area contributed by atoms with E-state index >= 15 is 0 Å². The maximum absolute atomic E-state index is 12.5. The van der Waals surface area contributed by atoms with Crippen molar-refractivity contribution in [2.24, 2.45) is 0 Å². The summed E-state index contributed by atoms with van der Waals surface area (Å²) in [5, 5.41) is 10.8. The zero-order valence-electron chi connectivity index (χ0n) is 11.0. The Hall–Kier alpha value is -2.32. The third kappa shape index (κ3) is 4.93. The molecule has 0 saturated carbocycles. The number of benzene rings is 1. The molecule has 0 aliphatic rings. The Morgan fingerprint density at radius 2 is 2.05 bits per heavy atom. The highest BCUT2D eigenvalue weighted by Gasteiger charge is 2.33. The SMILES string of the molecule is COC(=O)CCCOc1ccc(C(F)(F)F)cc1[N+](=O)[O-]. The average molecular weight is 307 g/mol. The summed E-state index contributed by atoms with van der Waals surface area (Å²) in [6.45, 7) is -0.0543. The van der Waals surface area contributed by atoms with Gasteiger partial charge in [-0.3, -0.25) is 14.9 Å². The fourth-order valence-electron chi connectivity index (χ4n) is 1.46. The Bertz CT molecular complexity index is 530. The number of hydrogen-bond acceptors (Lipinski definition) is 5. The predicted molar refractivity (Wildman–Crippen MR) is 64.8 cm³/mol. The molecule has 1 rings (SSSR count). The van der Waals surface area contributed by atoms with Crippen molar-refractivity contribution in [3.63, 3.8) is 0 Å². The summed E-state index contributed by atoms with van der Waals surface area (Å²) in [5.41, 5.74) is -1.90. The monoisotopic (exact) mass is 307 g/mol. The van der Waals surface area contributed by atoms with Crippen LogP contribution in [0.4, 0.5) is 18.9 Å². The van der Waals surface area contributed by atoms with Crippen molar-refractivity contribution in [1.29, 1.82) is 0 Å². The standard InChI is InChI=1S/C12H12F3NO5/c1-20-11(17)3-2-6-21-10-5-4-8(12(13,14)15)7-9(10)16(18)19/h4-5,7H,2-3,6H2,1H3. The molecule has 1 aromatic carbocycles. The van der Waals surface area contributed by atoms with Crippen molar-refractivity contribution in [2.75, 3.05) is 13.7 Å². The van der Waals surface area contributed by atoms with E-state index in [1.807, 2.05) is 0 Å². The molecule has 116 valence electrons. The van der Waals surface area contributed by atoms with Gasteiger partial charge in [0.2, 0.25) is 0 Å². The molecular formula is C12H12F3NO5. The zero-order valence-corrected chi connectivity index (χ0v) is 11.0. The van der Waals surface area contributed by atoms with Crippen LogP contribution in [0.2, 0.25) is 0 Å². The van der Waals surface area contributed by atoms with Gasteiger partial charge in [-0.25, -0.2) is 0 Å². The van der Waals surface area contributed by atoms with Crippen LogP contribution in [-0.2, 0) is 15.7 Å². The molecule has 9 heteroatoms. The molecule has 21 heavy (non-hydrogen) atoms. The highest BCUT2D eigenvalue weighted by atomic mass is 19.4. The van der Waals surface area contributed by atoms with Gasteiger partial charge in [0.15, 0.2) is 5.75 Å². The minimum atomic E-state index is -4.67. The molecule has 0 amide bonds. The smallest absolute Gasteiger partial charge is 0.416 e. The number of rotatable bonds is 6. The molecule has 0 heterocycles. The highest BCUT2D eigenvalue weighted by molar-refractivity contribution is 5.69. The number of hydrogen-bond donors (Lipinski definition) is 0. The molecule has 0 atom stereocenters. The Labute approximate surface area is 117 Å². The third-order valence-electron chi connectivity index (χ3n) is 2.49. The largest absolute Gasteiger partial charge is 0.487 e.